The van der Waals surface area contributed by atoms with Crippen molar-refractivity contribution in [1.29, 1.82) is 0 Å². The Bertz CT molecular complexity index is 502. The van der Waals surface area contributed by atoms with Crippen molar-refractivity contribution in [2.75, 3.05) is 11.9 Å². The summed E-state index contributed by atoms with van der Waals surface area (Å²) >= 11 is 0. The lowest BCUT2D eigenvalue weighted by molar-refractivity contribution is 0.168. The molecule has 0 aliphatic heterocycles. The highest BCUT2D eigenvalue weighted by Gasteiger charge is 2.09. The Kier molecular flexibility index (Phi) is 3.46. The fourth-order valence-corrected chi connectivity index (χ4v) is 1.34. The van der Waals surface area contributed by atoms with Gasteiger partial charge in [-0.15, -0.1) is 10.2 Å². The molecular weight excluding hydrogens is 218 g/mol. The van der Waals surface area contributed by atoms with E-state index in [0.717, 1.165) is 11.0 Å². The lowest BCUT2D eigenvalue weighted by Gasteiger charge is -2.14. The molecule has 2 atom stereocenters. The van der Waals surface area contributed by atoms with Crippen LogP contribution in [-0.2, 0) is 0 Å². The van der Waals surface area contributed by atoms with Gasteiger partial charge in [0.1, 0.15) is 5.52 Å². The van der Waals surface area contributed by atoms with E-state index in [4.69, 9.17) is 5.73 Å². The van der Waals surface area contributed by atoms with Crippen LogP contribution in [0.1, 0.15) is 6.92 Å². The molecule has 0 bridgehead atoms. The highest BCUT2D eigenvalue weighted by Crippen LogP contribution is 2.08. The largest absolute Gasteiger partial charge is 0.392 e. The Hall–Kier alpha value is -1.79. The van der Waals surface area contributed by atoms with Crippen LogP contribution in [0.3, 0.4) is 0 Å². The number of nitrogens with one attached hydrogen (secondary N) is 1. The second-order valence-corrected chi connectivity index (χ2v) is 3.91. The van der Waals surface area contributed by atoms with Crippen molar-refractivity contribution >= 4 is 17.0 Å². The molecule has 1 aromatic heterocycles. The molecule has 0 amide bonds. The third-order valence-corrected chi connectivity index (χ3v) is 2.48. The molecule has 1 heterocycles. The molecule has 0 aliphatic rings. The molecule has 2 rings (SSSR count). The van der Waals surface area contributed by atoms with E-state index in [1.165, 1.54) is 0 Å². The highest BCUT2D eigenvalue weighted by molar-refractivity contribution is 5.73. The molecule has 0 fully saturated rings. The maximum atomic E-state index is 9.25. The van der Waals surface area contributed by atoms with Gasteiger partial charge in [-0.25, -0.2) is 4.98 Å². The van der Waals surface area contributed by atoms with E-state index in [1.54, 1.807) is 6.92 Å². The number of aliphatic hydroxyl groups is 1. The normalized spacial score (nSPS) is 14.5. The average Bonchev–Trinajstić information content (AvgIpc) is 2.35. The number of nitrogens with two attached hydrogens (primary N) is 1. The number of aliphatic hydroxyl groups excluding tert-OH is 1. The van der Waals surface area contributed by atoms with Gasteiger partial charge < -0.3 is 16.2 Å². The number of aromatic nitrogens is 3. The summed E-state index contributed by atoms with van der Waals surface area (Å²) in [5, 5.41) is 20.2. The second kappa shape index (κ2) is 5.03. The topological polar surface area (TPSA) is 97.0 Å². The number of para-hydroxylation sites is 1. The predicted molar refractivity (Wildman–Crippen MR) is 65.5 cm³/mol. The number of rotatable bonds is 4. The number of hydrogen-bond acceptors (Lipinski definition) is 6. The van der Waals surface area contributed by atoms with E-state index in [9.17, 15) is 5.11 Å². The number of anilines is 1. The summed E-state index contributed by atoms with van der Waals surface area (Å²) < 4.78 is 0. The Labute approximate surface area is 98.9 Å². The van der Waals surface area contributed by atoms with Gasteiger partial charge in [0.2, 0.25) is 5.95 Å². The lowest BCUT2D eigenvalue weighted by atomic mass is 10.2. The Morgan fingerprint density at radius 2 is 2.00 bits per heavy atom. The fourth-order valence-electron chi connectivity index (χ4n) is 1.34. The summed E-state index contributed by atoms with van der Waals surface area (Å²) in [5.74, 6) is 0.416. The molecular formula is C11H15N5O. The minimum atomic E-state index is -0.573. The monoisotopic (exact) mass is 233 g/mol. The van der Waals surface area contributed by atoms with E-state index in [1.807, 2.05) is 24.3 Å². The van der Waals surface area contributed by atoms with Gasteiger partial charge in [-0.3, -0.25) is 0 Å². The zero-order chi connectivity index (χ0) is 12.3. The number of fused-ring (bicyclic) bond motifs is 1. The molecule has 0 aliphatic carbocycles. The minimum absolute atomic E-state index is 0.356. The van der Waals surface area contributed by atoms with Crippen LogP contribution in [0.25, 0.3) is 11.0 Å². The van der Waals surface area contributed by atoms with Gasteiger partial charge in [-0.1, -0.05) is 12.1 Å². The first-order valence-electron chi connectivity index (χ1n) is 5.44. The zero-order valence-corrected chi connectivity index (χ0v) is 9.54. The SMILES string of the molecule is CC(O)C(N)CNc1nnc2ccccc2n1. The van der Waals surface area contributed by atoms with E-state index in [0.29, 0.717) is 12.5 Å². The third kappa shape index (κ3) is 2.86. The molecule has 2 aromatic rings. The standard InChI is InChI=1S/C11H15N5O/c1-7(17)8(12)6-13-11-14-9-4-2-3-5-10(9)15-16-11/h2-5,7-8,17H,6,12H2,1H3,(H,13,14,16). The molecule has 2 unspecified atom stereocenters. The summed E-state index contributed by atoms with van der Waals surface area (Å²) in [6.45, 7) is 2.05. The summed E-state index contributed by atoms with van der Waals surface area (Å²) in [6, 6.07) is 7.13. The van der Waals surface area contributed by atoms with Crippen molar-refractivity contribution in [3.05, 3.63) is 24.3 Å². The Morgan fingerprint density at radius 3 is 2.71 bits per heavy atom. The van der Waals surface area contributed by atoms with Crippen molar-refractivity contribution in [2.45, 2.75) is 19.1 Å². The number of benzene rings is 1. The van der Waals surface area contributed by atoms with Crippen molar-refractivity contribution in [1.82, 2.24) is 15.2 Å². The van der Waals surface area contributed by atoms with Crippen LogP contribution in [0.15, 0.2) is 24.3 Å². The van der Waals surface area contributed by atoms with Crippen LogP contribution >= 0.6 is 0 Å². The van der Waals surface area contributed by atoms with Gasteiger partial charge in [0.05, 0.1) is 11.6 Å². The molecule has 90 valence electrons. The van der Waals surface area contributed by atoms with Crippen molar-refractivity contribution in [3.8, 4) is 0 Å². The van der Waals surface area contributed by atoms with E-state index in [2.05, 4.69) is 20.5 Å². The lowest BCUT2D eigenvalue weighted by Crippen LogP contribution is -2.39. The van der Waals surface area contributed by atoms with Crippen LogP contribution in [-0.4, -0.2) is 39.0 Å². The molecule has 6 heteroatoms. The molecule has 0 radical (unpaired) electrons. The predicted octanol–water partition coefficient (Wildman–Crippen LogP) is 0.145. The zero-order valence-electron chi connectivity index (χ0n) is 9.54. The van der Waals surface area contributed by atoms with Crippen LogP contribution < -0.4 is 11.1 Å². The first-order valence-corrected chi connectivity index (χ1v) is 5.44. The van der Waals surface area contributed by atoms with Crippen molar-refractivity contribution < 1.29 is 5.11 Å². The third-order valence-electron chi connectivity index (χ3n) is 2.48. The van der Waals surface area contributed by atoms with Crippen LogP contribution in [0.2, 0.25) is 0 Å². The quantitative estimate of drug-likeness (QED) is 0.695. The number of nitrogens with zero attached hydrogens (tertiary/aromatic N) is 3. The number of hydrogen-bond donors (Lipinski definition) is 3. The maximum absolute atomic E-state index is 9.25. The van der Waals surface area contributed by atoms with E-state index >= 15 is 0 Å². The molecule has 0 saturated heterocycles. The Balaban J connectivity index is 2.09. The van der Waals surface area contributed by atoms with E-state index < -0.39 is 6.10 Å². The van der Waals surface area contributed by atoms with Gasteiger partial charge >= 0.3 is 0 Å². The van der Waals surface area contributed by atoms with Gasteiger partial charge in [-0.2, -0.15) is 0 Å². The minimum Gasteiger partial charge on any atom is -0.392 e. The first kappa shape index (κ1) is 11.7. The molecule has 4 N–H and O–H groups in total. The van der Waals surface area contributed by atoms with Crippen LogP contribution in [0, 0.1) is 0 Å². The summed E-state index contributed by atoms with van der Waals surface area (Å²) in [4.78, 5) is 4.28. The van der Waals surface area contributed by atoms with Gasteiger partial charge in [0.25, 0.3) is 0 Å². The smallest absolute Gasteiger partial charge is 0.243 e. The van der Waals surface area contributed by atoms with Crippen molar-refractivity contribution in [3.63, 3.8) is 0 Å². The second-order valence-electron chi connectivity index (χ2n) is 3.91. The first-order chi connectivity index (χ1) is 8.16. The van der Waals surface area contributed by atoms with Crippen molar-refractivity contribution in [2.24, 2.45) is 5.73 Å². The highest BCUT2D eigenvalue weighted by atomic mass is 16.3. The van der Waals surface area contributed by atoms with Gasteiger partial charge in [0.15, 0.2) is 0 Å². The molecule has 17 heavy (non-hydrogen) atoms. The summed E-state index contributed by atoms with van der Waals surface area (Å²) in [5.41, 5.74) is 7.21. The molecule has 6 nitrogen and oxygen atoms in total. The average molecular weight is 233 g/mol. The van der Waals surface area contributed by atoms with E-state index in [-0.39, 0.29) is 6.04 Å². The molecule has 0 saturated carbocycles. The maximum Gasteiger partial charge on any atom is 0.243 e. The van der Waals surface area contributed by atoms with Crippen LogP contribution in [0.4, 0.5) is 5.95 Å². The Morgan fingerprint density at radius 1 is 1.29 bits per heavy atom. The van der Waals surface area contributed by atoms with Gasteiger partial charge in [0, 0.05) is 12.6 Å². The van der Waals surface area contributed by atoms with Gasteiger partial charge in [-0.05, 0) is 19.1 Å². The summed E-state index contributed by atoms with van der Waals surface area (Å²) in [6.07, 6.45) is -0.573. The molecule has 1 aromatic carbocycles. The van der Waals surface area contributed by atoms with Crippen LogP contribution in [0.5, 0.6) is 0 Å². The summed E-state index contributed by atoms with van der Waals surface area (Å²) in [7, 11) is 0. The fraction of sp³-hybridized carbons (Fsp3) is 0.364. The molecule has 0 spiro atoms.